The Morgan fingerprint density at radius 1 is 1.06 bits per heavy atom. The van der Waals surface area contributed by atoms with Gasteiger partial charge in [-0.25, -0.2) is 13.6 Å². The van der Waals surface area contributed by atoms with Crippen LogP contribution in [0.3, 0.4) is 0 Å². The van der Waals surface area contributed by atoms with E-state index in [1.165, 1.54) is 43.7 Å². The molecular weight excluding hydrogens is 424 g/mol. The summed E-state index contributed by atoms with van der Waals surface area (Å²) in [6.07, 6.45) is 7.81. The SMILES string of the molecule is C=C/C(C)=C(/C=C(C(=O)O)\C(=C\N=CCCc1ccc(F)cc1)OC)Cc1ccc(F)cc1. The Labute approximate surface area is 192 Å². The largest absolute Gasteiger partial charge is 0.494 e. The molecule has 0 aliphatic carbocycles. The summed E-state index contributed by atoms with van der Waals surface area (Å²) in [4.78, 5) is 16.2. The number of methoxy groups -OCH3 is 1. The number of carbonyl (C=O) groups is 1. The molecule has 0 bridgehead atoms. The molecule has 0 aliphatic heterocycles. The molecule has 0 radical (unpaired) electrons. The average molecular weight is 452 g/mol. The van der Waals surface area contributed by atoms with Crippen LogP contribution in [0.25, 0.3) is 0 Å². The highest BCUT2D eigenvalue weighted by atomic mass is 19.1. The molecule has 0 fully saturated rings. The molecule has 0 aliphatic rings. The van der Waals surface area contributed by atoms with Crippen LogP contribution in [0, 0.1) is 11.6 Å². The zero-order valence-corrected chi connectivity index (χ0v) is 18.7. The predicted octanol–water partition coefficient (Wildman–Crippen LogP) is 6.21. The van der Waals surface area contributed by atoms with E-state index in [-0.39, 0.29) is 23.0 Å². The van der Waals surface area contributed by atoms with E-state index in [4.69, 9.17) is 4.74 Å². The highest BCUT2D eigenvalue weighted by molar-refractivity contribution is 5.91. The van der Waals surface area contributed by atoms with Gasteiger partial charge >= 0.3 is 5.97 Å². The van der Waals surface area contributed by atoms with E-state index in [1.807, 2.05) is 6.92 Å². The Morgan fingerprint density at radius 2 is 1.64 bits per heavy atom. The molecule has 0 unspecified atom stereocenters. The summed E-state index contributed by atoms with van der Waals surface area (Å²) in [5.74, 6) is -1.70. The van der Waals surface area contributed by atoms with Crippen molar-refractivity contribution in [3.8, 4) is 0 Å². The third-order valence-electron chi connectivity index (χ3n) is 4.93. The van der Waals surface area contributed by atoms with Crippen LogP contribution in [0.1, 0.15) is 24.5 Å². The Hall–Kier alpha value is -3.80. The summed E-state index contributed by atoms with van der Waals surface area (Å²) in [6, 6.07) is 12.3. The number of aliphatic carboxylic acids is 1. The van der Waals surface area contributed by atoms with Gasteiger partial charge in [-0.2, -0.15) is 0 Å². The van der Waals surface area contributed by atoms with Crippen LogP contribution in [-0.4, -0.2) is 24.4 Å². The van der Waals surface area contributed by atoms with E-state index in [2.05, 4.69) is 11.6 Å². The number of carboxylic acid groups (broad SMARTS) is 1. The van der Waals surface area contributed by atoms with Crippen molar-refractivity contribution in [2.75, 3.05) is 7.11 Å². The second-order valence-corrected chi connectivity index (χ2v) is 7.27. The molecule has 6 heteroatoms. The third kappa shape index (κ3) is 8.33. The number of hydrogen-bond donors (Lipinski definition) is 1. The molecule has 2 rings (SSSR count). The van der Waals surface area contributed by atoms with Gasteiger partial charge in [-0.3, -0.25) is 4.99 Å². The first-order chi connectivity index (χ1) is 15.8. The second kappa shape index (κ2) is 12.9. The lowest BCUT2D eigenvalue weighted by Crippen LogP contribution is -2.07. The summed E-state index contributed by atoms with van der Waals surface area (Å²) in [6.45, 7) is 5.59. The molecule has 33 heavy (non-hydrogen) atoms. The standard InChI is InChI=1S/C27H27F2NO3/c1-4-19(2)22(16-21-9-13-24(29)14-10-21)17-25(27(31)32)26(33-3)18-30-15-5-6-20-7-11-23(28)12-8-20/h4,7-15,17-18H,1,5-6,16H2,2-3H3,(H,31,32)/b22-19+,25-17+,26-18-,30-15?. The van der Waals surface area contributed by atoms with Crippen molar-refractivity contribution in [2.24, 2.45) is 4.99 Å². The lowest BCUT2D eigenvalue weighted by molar-refractivity contribution is -0.132. The molecule has 0 atom stereocenters. The zero-order chi connectivity index (χ0) is 24.2. The summed E-state index contributed by atoms with van der Waals surface area (Å²) in [5, 5.41) is 9.78. The lowest BCUT2D eigenvalue weighted by Gasteiger charge is -2.11. The normalized spacial score (nSPS) is 13.1. The quantitative estimate of drug-likeness (QED) is 0.191. The van der Waals surface area contributed by atoms with Crippen LogP contribution in [-0.2, 0) is 22.4 Å². The van der Waals surface area contributed by atoms with E-state index in [1.54, 1.807) is 36.6 Å². The summed E-state index contributed by atoms with van der Waals surface area (Å²) < 4.78 is 31.5. The number of nitrogens with zero attached hydrogens (tertiary/aromatic N) is 1. The Balaban J connectivity index is 2.22. The fourth-order valence-electron chi connectivity index (χ4n) is 2.98. The first-order valence-corrected chi connectivity index (χ1v) is 10.4. The van der Waals surface area contributed by atoms with Crippen molar-refractivity contribution in [1.29, 1.82) is 0 Å². The van der Waals surface area contributed by atoms with Gasteiger partial charge in [-0.1, -0.05) is 36.9 Å². The van der Waals surface area contributed by atoms with Crippen LogP contribution >= 0.6 is 0 Å². The van der Waals surface area contributed by atoms with E-state index in [9.17, 15) is 18.7 Å². The molecule has 0 aromatic heterocycles. The van der Waals surface area contributed by atoms with E-state index >= 15 is 0 Å². The maximum Gasteiger partial charge on any atom is 0.339 e. The monoisotopic (exact) mass is 451 g/mol. The van der Waals surface area contributed by atoms with Crippen LogP contribution in [0.5, 0.6) is 0 Å². The number of benzene rings is 2. The van der Waals surface area contributed by atoms with Crippen molar-refractivity contribution in [2.45, 2.75) is 26.2 Å². The minimum absolute atomic E-state index is 0.0634. The Kier molecular flexibility index (Phi) is 9.96. The smallest absolute Gasteiger partial charge is 0.339 e. The average Bonchev–Trinajstić information content (AvgIpc) is 2.81. The Bertz CT molecular complexity index is 1080. The van der Waals surface area contributed by atoms with Crippen LogP contribution in [0.15, 0.2) is 101 Å². The Morgan fingerprint density at radius 3 is 2.15 bits per heavy atom. The molecule has 2 aromatic rings. The third-order valence-corrected chi connectivity index (χ3v) is 4.93. The summed E-state index contributed by atoms with van der Waals surface area (Å²) in [5.41, 5.74) is 3.23. The van der Waals surface area contributed by atoms with Crippen molar-refractivity contribution < 1.29 is 23.4 Å². The van der Waals surface area contributed by atoms with Gasteiger partial charge < -0.3 is 9.84 Å². The number of ether oxygens (including phenoxy) is 1. The van der Waals surface area contributed by atoms with E-state index in [0.29, 0.717) is 24.8 Å². The highest BCUT2D eigenvalue weighted by Crippen LogP contribution is 2.21. The van der Waals surface area contributed by atoms with Gasteiger partial charge in [0.15, 0.2) is 5.76 Å². The van der Waals surface area contributed by atoms with Gasteiger partial charge in [-0.15, -0.1) is 0 Å². The molecule has 0 saturated heterocycles. The molecule has 0 amide bonds. The number of hydrogen-bond acceptors (Lipinski definition) is 3. The fraction of sp³-hybridized carbons (Fsp3) is 0.185. The maximum atomic E-state index is 13.2. The van der Waals surface area contributed by atoms with Gasteiger partial charge in [0, 0.05) is 6.21 Å². The lowest BCUT2D eigenvalue weighted by atomic mass is 9.97. The van der Waals surface area contributed by atoms with Crippen LogP contribution in [0.2, 0.25) is 0 Å². The van der Waals surface area contributed by atoms with Gasteiger partial charge in [0.2, 0.25) is 0 Å². The van der Waals surface area contributed by atoms with Crippen molar-refractivity contribution >= 4 is 12.2 Å². The minimum atomic E-state index is -1.17. The van der Waals surface area contributed by atoms with Crippen molar-refractivity contribution in [3.63, 3.8) is 0 Å². The number of aliphatic imine (C=N–C) groups is 1. The fourth-order valence-corrected chi connectivity index (χ4v) is 2.98. The van der Waals surface area contributed by atoms with Gasteiger partial charge in [-0.05, 0) is 78.8 Å². The van der Waals surface area contributed by atoms with Crippen molar-refractivity contribution in [1.82, 2.24) is 0 Å². The molecular formula is C27H27F2NO3. The van der Waals surface area contributed by atoms with Crippen molar-refractivity contribution in [3.05, 3.63) is 119 Å². The first-order valence-electron chi connectivity index (χ1n) is 10.4. The van der Waals surface area contributed by atoms with Crippen LogP contribution in [0.4, 0.5) is 8.78 Å². The minimum Gasteiger partial charge on any atom is -0.494 e. The van der Waals surface area contributed by atoms with Crippen LogP contribution < -0.4 is 0 Å². The van der Waals surface area contributed by atoms with E-state index in [0.717, 1.165) is 16.7 Å². The first kappa shape index (κ1) is 25.5. The molecule has 1 N–H and O–H groups in total. The summed E-state index contributed by atoms with van der Waals surface area (Å²) in [7, 11) is 1.38. The topological polar surface area (TPSA) is 58.9 Å². The van der Waals surface area contributed by atoms with Gasteiger partial charge in [0.05, 0.1) is 13.3 Å². The van der Waals surface area contributed by atoms with E-state index < -0.39 is 5.97 Å². The summed E-state index contributed by atoms with van der Waals surface area (Å²) >= 11 is 0. The number of allylic oxidation sites excluding steroid dienone is 4. The maximum absolute atomic E-state index is 13.2. The molecule has 4 nitrogen and oxygen atoms in total. The van der Waals surface area contributed by atoms with Gasteiger partial charge in [0.1, 0.15) is 17.2 Å². The number of carboxylic acids is 1. The number of halogens is 2. The molecule has 0 spiro atoms. The number of rotatable bonds is 11. The molecule has 0 heterocycles. The predicted molar refractivity (Wildman–Crippen MR) is 127 cm³/mol. The molecule has 172 valence electrons. The number of aryl methyl sites for hydroxylation is 1. The highest BCUT2D eigenvalue weighted by Gasteiger charge is 2.16. The zero-order valence-electron chi connectivity index (χ0n) is 18.7. The van der Waals surface area contributed by atoms with Gasteiger partial charge in [0.25, 0.3) is 0 Å². The second-order valence-electron chi connectivity index (χ2n) is 7.27. The molecule has 0 saturated carbocycles. The molecule has 2 aromatic carbocycles.